The lowest BCUT2D eigenvalue weighted by molar-refractivity contribution is -0.184. The number of amides is 2. The molecule has 0 aromatic carbocycles. The predicted octanol–water partition coefficient (Wildman–Crippen LogP) is 0.630. The molecule has 0 bridgehead atoms. The zero-order valence-electron chi connectivity index (χ0n) is 8.88. The van der Waals surface area contributed by atoms with Gasteiger partial charge < -0.3 is 9.80 Å². The number of hydrogen-bond acceptors (Lipinski definition) is 2. The first-order chi connectivity index (χ1) is 7.32. The number of carbonyl (C=O) groups excluding carboxylic acids is 2. The lowest BCUT2D eigenvalue weighted by atomic mass is 10.4. The van der Waals surface area contributed by atoms with Gasteiger partial charge >= 0.3 is 12.1 Å². The van der Waals surface area contributed by atoms with Gasteiger partial charge in [0.05, 0.1) is 6.54 Å². The van der Waals surface area contributed by atoms with Crippen molar-refractivity contribution < 1.29 is 22.8 Å². The Hall–Kier alpha value is -1.27. The number of rotatable bonds is 2. The summed E-state index contributed by atoms with van der Waals surface area (Å²) in [4.78, 5) is 24.1. The van der Waals surface area contributed by atoms with Gasteiger partial charge in [-0.05, 0) is 12.8 Å². The molecule has 4 nitrogen and oxygen atoms in total. The number of hydrogen-bond donors (Lipinski definition) is 0. The van der Waals surface area contributed by atoms with Crippen LogP contribution >= 0.6 is 0 Å². The van der Waals surface area contributed by atoms with Crippen LogP contribution in [0.2, 0.25) is 0 Å². The highest BCUT2D eigenvalue weighted by atomic mass is 19.4. The minimum atomic E-state index is -4.92. The van der Waals surface area contributed by atoms with Crippen molar-refractivity contribution in [2.24, 2.45) is 0 Å². The molecule has 1 fully saturated rings. The second-order valence-corrected chi connectivity index (χ2v) is 3.75. The van der Waals surface area contributed by atoms with Crippen molar-refractivity contribution in [1.29, 1.82) is 0 Å². The van der Waals surface area contributed by atoms with Crippen molar-refractivity contribution in [2.45, 2.75) is 19.0 Å². The SMILES string of the molecule is CN(CC(=O)N1CCCC1)C(=O)C(F)(F)F. The highest BCUT2D eigenvalue weighted by Gasteiger charge is 2.41. The third-order valence-electron chi connectivity index (χ3n) is 2.42. The molecule has 0 unspecified atom stereocenters. The highest BCUT2D eigenvalue weighted by molar-refractivity contribution is 5.87. The third-order valence-corrected chi connectivity index (χ3v) is 2.42. The summed E-state index contributed by atoms with van der Waals surface area (Å²) in [5.41, 5.74) is 0. The molecule has 16 heavy (non-hydrogen) atoms. The van der Waals surface area contributed by atoms with Gasteiger partial charge in [-0.1, -0.05) is 0 Å². The van der Waals surface area contributed by atoms with Crippen LogP contribution in [0.1, 0.15) is 12.8 Å². The molecule has 0 atom stereocenters. The van der Waals surface area contributed by atoms with Gasteiger partial charge in [-0.2, -0.15) is 13.2 Å². The topological polar surface area (TPSA) is 40.6 Å². The van der Waals surface area contributed by atoms with Crippen LogP contribution in [0.5, 0.6) is 0 Å². The molecule has 1 rings (SSSR count). The molecule has 1 aliphatic heterocycles. The normalized spacial score (nSPS) is 16.4. The van der Waals surface area contributed by atoms with Crippen molar-refractivity contribution >= 4 is 11.8 Å². The van der Waals surface area contributed by atoms with Gasteiger partial charge in [0.15, 0.2) is 0 Å². The van der Waals surface area contributed by atoms with E-state index in [-0.39, 0.29) is 0 Å². The highest BCUT2D eigenvalue weighted by Crippen LogP contribution is 2.17. The first-order valence-electron chi connectivity index (χ1n) is 4.92. The van der Waals surface area contributed by atoms with Crippen LogP contribution in [0, 0.1) is 0 Å². The lowest BCUT2D eigenvalue weighted by Crippen LogP contribution is -2.44. The number of likely N-dealkylation sites (tertiary alicyclic amines) is 1. The van der Waals surface area contributed by atoms with E-state index in [0.29, 0.717) is 18.0 Å². The molecule has 92 valence electrons. The molecule has 0 N–H and O–H groups in total. The molecule has 0 spiro atoms. The number of nitrogens with zero attached hydrogens (tertiary/aromatic N) is 2. The number of alkyl halides is 3. The Labute approximate surface area is 91.0 Å². The molecule has 7 heteroatoms. The smallest absolute Gasteiger partial charge is 0.341 e. The van der Waals surface area contributed by atoms with Crippen LogP contribution in [-0.2, 0) is 9.59 Å². The van der Waals surface area contributed by atoms with Gasteiger partial charge in [-0.15, -0.1) is 0 Å². The van der Waals surface area contributed by atoms with Crippen LogP contribution in [-0.4, -0.2) is 54.5 Å². The van der Waals surface area contributed by atoms with E-state index in [1.54, 1.807) is 0 Å². The summed E-state index contributed by atoms with van der Waals surface area (Å²) < 4.78 is 36.0. The standard InChI is InChI=1S/C9H13F3N2O2/c1-13(8(16)9(10,11)12)6-7(15)14-4-2-3-5-14/h2-6H2,1H3. The maximum atomic E-state index is 12.0. The molecule has 0 radical (unpaired) electrons. The summed E-state index contributed by atoms with van der Waals surface area (Å²) in [6, 6.07) is 0. The summed E-state index contributed by atoms with van der Waals surface area (Å²) in [6.45, 7) is 0.609. The van der Waals surface area contributed by atoms with Crippen LogP contribution in [0.3, 0.4) is 0 Å². The molecule has 1 aliphatic rings. The fourth-order valence-corrected chi connectivity index (χ4v) is 1.56. The second-order valence-electron chi connectivity index (χ2n) is 3.75. The number of likely N-dealkylation sites (N-methyl/N-ethyl adjacent to an activating group) is 1. The Bertz CT molecular complexity index is 285. The van der Waals surface area contributed by atoms with Crippen molar-refractivity contribution in [3.8, 4) is 0 Å². The summed E-state index contributed by atoms with van der Waals surface area (Å²) in [7, 11) is 0.976. The predicted molar refractivity (Wildman–Crippen MR) is 49.5 cm³/mol. The summed E-state index contributed by atoms with van der Waals surface area (Å²) >= 11 is 0. The first kappa shape index (κ1) is 12.8. The monoisotopic (exact) mass is 238 g/mol. The van der Waals surface area contributed by atoms with Crippen molar-refractivity contribution in [3.63, 3.8) is 0 Å². The molecule has 0 aromatic rings. The maximum absolute atomic E-state index is 12.0. The number of carbonyl (C=O) groups is 2. The van der Waals surface area contributed by atoms with Crippen LogP contribution in [0.15, 0.2) is 0 Å². The minimum Gasteiger partial charge on any atom is -0.341 e. The Morgan fingerprint density at radius 2 is 1.75 bits per heavy atom. The average Bonchev–Trinajstić information content (AvgIpc) is 2.67. The molecule has 0 aromatic heterocycles. The fourth-order valence-electron chi connectivity index (χ4n) is 1.56. The van der Waals surface area contributed by atoms with Crippen LogP contribution in [0.4, 0.5) is 13.2 Å². The largest absolute Gasteiger partial charge is 0.471 e. The van der Waals surface area contributed by atoms with E-state index in [1.165, 1.54) is 4.90 Å². The fraction of sp³-hybridized carbons (Fsp3) is 0.778. The number of halogens is 3. The van der Waals surface area contributed by atoms with Crippen LogP contribution in [0.25, 0.3) is 0 Å². The maximum Gasteiger partial charge on any atom is 0.471 e. The average molecular weight is 238 g/mol. The Kier molecular flexibility index (Phi) is 3.77. The van der Waals surface area contributed by atoms with E-state index < -0.39 is 24.5 Å². The zero-order chi connectivity index (χ0) is 12.3. The van der Waals surface area contributed by atoms with Gasteiger partial charge in [-0.25, -0.2) is 0 Å². The molecule has 0 saturated carbocycles. The van der Waals surface area contributed by atoms with Gasteiger partial charge in [0, 0.05) is 20.1 Å². The van der Waals surface area contributed by atoms with E-state index in [1.807, 2.05) is 0 Å². The molecular weight excluding hydrogens is 225 g/mol. The van der Waals surface area contributed by atoms with Gasteiger partial charge in [0.1, 0.15) is 0 Å². The van der Waals surface area contributed by atoms with E-state index in [0.717, 1.165) is 19.9 Å². The van der Waals surface area contributed by atoms with E-state index in [9.17, 15) is 22.8 Å². The second kappa shape index (κ2) is 4.71. The van der Waals surface area contributed by atoms with E-state index in [2.05, 4.69) is 0 Å². The van der Waals surface area contributed by atoms with Crippen LogP contribution < -0.4 is 0 Å². The van der Waals surface area contributed by atoms with E-state index in [4.69, 9.17) is 0 Å². The molecule has 1 heterocycles. The molecule has 0 aliphatic carbocycles. The van der Waals surface area contributed by atoms with Gasteiger partial charge in [-0.3, -0.25) is 9.59 Å². The van der Waals surface area contributed by atoms with Gasteiger partial charge in [0.25, 0.3) is 0 Å². The van der Waals surface area contributed by atoms with Crippen molar-refractivity contribution in [1.82, 2.24) is 9.80 Å². The first-order valence-corrected chi connectivity index (χ1v) is 4.92. The van der Waals surface area contributed by atoms with E-state index >= 15 is 0 Å². The summed E-state index contributed by atoms with van der Waals surface area (Å²) in [6.07, 6.45) is -3.19. The summed E-state index contributed by atoms with van der Waals surface area (Å²) in [5.74, 6) is -2.42. The molecule has 2 amide bonds. The summed E-state index contributed by atoms with van der Waals surface area (Å²) in [5, 5.41) is 0. The Morgan fingerprint density at radius 1 is 1.25 bits per heavy atom. The lowest BCUT2D eigenvalue weighted by Gasteiger charge is -2.21. The zero-order valence-corrected chi connectivity index (χ0v) is 8.88. The Balaban J connectivity index is 2.47. The third kappa shape index (κ3) is 3.11. The van der Waals surface area contributed by atoms with Gasteiger partial charge in [0.2, 0.25) is 5.91 Å². The Morgan fingerprint density at radius 3 is 2.19 bits per heavy atom. The minimum absolute atomic E-state index is 0.403. The molecular formula is C9H13F3N2O2. The quantitative estimate of drug-likeness (QED) is 0.708. The van der Waals surface area contributed by atoms with Crippen molar-refractivity contribution in [3.05, 3.63) is 0 Å². The molecule has 1 saturated heterocycles. The van der Waals surface area contributed by atoms with Crippen molar-refractivity contribution in [2.75, 3.05) is 26.7 Å².